The lowest BCUT2D eigenvalue weighted by Crippen LogP contribution is -2.34. The van der Waals surface area contributed by atoms with Crippen molar-refractivity contribution in [1.82, 2.24) is 4.90 Å². The van der Waals surface area contributed by atoms with Crippen molar-refractivity contribution in [3.63, 3.8) is 0 Å². The summed E-state index contributed by atoms with van der Waals surface area (Å²) in [5.74, 6) is -0.814. The summed E-state index contributed by atoms with van der Waals surface area (Å²) in [7, 11) is 0. The van der Waals surface area contributed by atoms with Crippen molar-refractivity contribution >= 4 is 39.0 Å². The van der Waals surface area contributed by atoms with Crippen LogP contribution in [-0.4, -0.2) is 28.6 Å². The van der Waals surface area contributed by atoms with E-state index in [2.05, 4.69) is 0 Å². The van der Waals surface area contributed by atoms with Crippen LogP contribution in [0.2, 0.25) is 5.02 Å². The number of halogens is 1. The Morgan fingerprint density at radius 1 is 1.42 bits per heavy atom. The third kappa shape index (κ3) is 3.26. The minimum Gasteiger partial charge on any atom is -0.480 e. The summed E-state index contributed by atoms with van der Waals surface area (Å²) in [6, 6.07) is 8.14. The summed E-state index contributed by atoms with van der Waals surface area (Å²) in [6.07, 6.45) is 0. The van der Waals surface area contributed by atoms with Crippen LogP contribution < -0.4 is 0 Å². The van der Waals surface area contributed by atoms with Crippen LogP contribution in [0.1, 0.15) is 18.7 Å². The number of fused-ring (bicyclic) bond motifs is 1. The third-order valence-electron chi connectivity index (χ3n) is 3.02. The highest BCUT2D eigenvalue weighted by atomic mass is 35.5. The molecule has 2 rings (SSSR count). The van der Waals surface area contributed by atoms with Gasteiger partial charge in [0, 0.05) is 27.5 Å². The molecule has 3 nitrogen and oxygen atoms in total. The van der Waals surface area contributed by atoms with E-state index in [9.17, 15) is 4.79 Å². The second-order valence-electron chi connectivity index (χ2n) is 4.73. The second kappa shape index (κ2) is 5.90. The van der Waals surface area contributed by atoms with Gasteiger partial charge in [-0.05, 0) is 19.9 Å². The number of rotatable bonds is 5. The molecule has 0 saturated carbocycles. The van der Waals surface area contributed by atoms with Gasteiger partial charge < -0.3 is 5.11 Å². The standard InChI is InChI=1S/C14H16ClNO2S/c1-9(2)16(8-13(17)18)7-12-14(15)10-5-3-4-6-11(10)19-12/h3-6,9H,7-8H2,1-2H3,(H,17,18). The van der Waals surface area contributed by atoms with Crippen molar-refractivity contribution in [2.75, 3.05) is 6.54 Å². The lowest BCUT2D eigenvalue weighted by Gasteiger charge is -2.23. The Hall–Kier alpha value is -1.10. The van der Waals surface area contributed by atoms with Crippen molar-refractivity contribution in [3.05, 3.63) is 34.2 Å². The Morgan fingerprint density at radius 2 is 2.11 bits per heavy atom. The average Bonchev–Trinajstić information content (AvgIpc) is 2.65. The molecule has 1 N–H and O–H groups in total. The van der Waals surface area contributed by atoms with Crippen molar-refractivity contribution in [2.24, 2.45) is 0 Å². The molecule has 1 aromatic heterocycles. The van der Waals surface area contributed by atoms with Crippen LogP contribution >= 0.6 is 22.9 Å². The maximum absolute atomic E-state index is 10.9. The summed E-state index contributed by atoms with van der Waals surface area (Å²) in [4.78, 5) is 13.8. The number of carbonyl (C=O) groups is 1. The van der Waals surface area contributed by atoms with Gasteiger partial charge in [-0.25, -0.2) is 0 Å². The fraction of sp³-hybridized carbons (Fsp3) is 0.357. The Balaban J connectivity index is 2.28. The number of aliphatic carboxylic acids is 1. The van der Waals surface area contributed by atoms with Gasteiger partial charge in [-0.1, -0.05) is 29.8 Å². The van der Waals surface area contributed by atoms with Crippen LogP contribution in [-0.2, 0) is 11.3 Å². The van der Waals surface area contributed by atoms with Crippen LogP contribution in [0.15, 0.2) is 24.3 Å². The zero-order valence-electron chi connectivity index (χ0n) is 10.9. The highest BCUT2D eigenvalue weighted by Gasteiger charge is 2.18. The van der Waals surface area contributed by atoms with E-state index >= 15 is 0 Å². The van der Waals surface area contributed by atoms with Crippen LogP contribution in [0.4, 0.5) is 0 Å². The molecule has 0 bridgehead atoms. The molecule has 2 aromatic rings. The zero-order chi connectivity index (χ0) is 14.0. The molecule has 0 aliphatic heterocycles. The summed E-state index contributed by atoms with van der Waals surface area (Å²) < 4.78 is 1.14. The fourth-order valence-electron chi connectivity index (χ4n) is 1.95. The molecule has 0 amide bonds. The first-order chi connectivity index (χ1) is 8.99. The van der Waals surface area contributed by atoms with E-state index in [4.69, 9.17) is 16.7 Å². The maximum atomic E-state index is 10.9. The molecular formula is C14H16ClNO2S. The first-order valence-electron chi connectivity index (χ1n) is 6.10. The van der Waals surface area contributed by atoms with Crippen LogP contribution in [0, 0.1) is 0 Å². The molecule has 0 atom stereocenters. The Bertz CT molecular complexity index is 594. The van der Waals surface area contributed by atoms with Crippen molar-refractivity contribution in [3.8, 4) is 0 Å². The van der Waals surface area contributed by atoms with Gasteiger partial charge >= 0.3 is 5.97 Å². The molecule has 0 radical (unpaired) electrons. The molecule has 0 unspecified atom stereocenters. The summed E-state index contributed by atoms with van der Waals surface area (Å²) in [5, 5.41) is 10.7. The van der Waals surface area contributed by atoms with E-state index in [-0.39, 0.29) is 12.6 Å². The van der Waals surface area contributed by atoms with Gasteiger partial charge in [0.15, 0.2) is 0 Å². The zero-order valence-corrected chi connectivity index (χ0v) is 12.5. The highest BCUT2D eigenvalue weighted by molar-refractivity contribution is 7.19. The summed E-state index contributed by atoms with van der Waals surface area (Å²) in [5.41, 5.74) is 0. The maximum Gasteiger partial charge on any atom is 0.317 e. The molecule has 0 fully saturated rings. The predicted octanol–water partition coefficient (Wildman–Crippen LogP) is 3.85. The summed E-state index contributed by atoms with van der Waals surface area (Å²) in [6.45, 7) is 4.58. The third-order valence-corrected chi connectivity index (χ3v) is 4.72. The minimum atomic E-state index is -0.814. The SMILES string of the molecule is CC(C)N(CC(=O)O)Cc1sc2ccccc2c1Cl. The van der Waals surface area contributed by atoms with Crippen LogP contribution in [0.5, 0.6) is 0 Å². The first kappa shape index (κ1) is 14.3. The topological polar surface area (TPSA) is 40.5 Å². The highest BCUT2D eigenvalue weighted by Crippen LogP contribution is 2.36. The smallest absolute Gasteiger partial charge is 0.317 e. The summed E-state index contributed by atoms with van der Waals surface area (Å²) >= 11 is 8.01. The van der Waals surface area contributed by atoms with E-state index < -0.39 is 5.97 Å². The molecule has 0 spiro atoms. The van der Waals surface area contributed by atoms with Gasteiger partial charge in [0.2, 0.25) is 0 Å². The van der Waals surface area contributed by atoms with E-state index in [1.165, 1.54) is 0 Å². The number of hydrogen-bond acceptors (Lipinski definition) is 3. The van der Waals surface area contributed by atoms with Crippen LogP contribution in [0.3, 0.4) is 0 Å². The predicted molar refractivity (Wildman–Crippen MR) is 80.0 cm³/mol. The normalized spacial score (nSPS) is 11.6. The number of thiophene rings is 1. The second-order valence-corrected chi connectivity index (χ2v) is 6.24. The Labute approximate surface area is 121 Å². The first-order valence-corrected chi connectivity index (χ1v) is 7.30. The lowest BCUT2D eigenvalue weighted by molar-refractivity contribution is -0.138. The molecule has 0 aliphatic carbocycles. The van der Waals surface area contributed by atoms with Gasteiger partial charge in [0.1, 0.15) is 0 Å². The van der Waals surface area contributed by atoms with Gasteiger partial charge in [-0.15, -0.1) is 11.3 Å². The van der Waals surface area contributed by atoms with Gasteiger partial charge in [0.25, 0.3) is 0 Å². The number of hydrogen-bond donors (Lipinski definition) is 1. The monoisotopic (exact) mass is 297 g/mol. The van der Waals surface area contributed by atoms with Gasteiger partial charge in [0.05, 0.1) is 11.6 Å². The Kier molecular flexibility index (Phi) is 4.45. The molecule has 5 heteroatoms. The Morgan fingerprint density at radius 3 is 2.68 bits per heavy atom. The number of carboxylic acid groups (broad SMARTS) is 1. The molecule has 1 heterocycles. The number of nitrogens with zero attached hydrogens (tertiary/aromatic N) is 1. The van der Waals surface area contributed by atoms with Crippen molar-refractivity contribution in [2.45, 2.75) is 26.4 Å². The molecule has 0 aliphatic rings. The van der Waals surface area contributed by atoms with E-state index in [1.807, 2.05) is 43.0 Å². The van der Waals surface area contributed by atoms with Crippen LogP contribution in [0.25, 0.3) is 10.1 Å². The van der Waals surface area contributed by atoms with E-state index in [0.29, 0.717) is 6.54 Å². The van der Waals surface area contributed by atoms with Crippen molar-refractivity contribution in [1.29, 1.82) is 0 Å². The molecule has 0 saturated heterocycles. The molecule has 1 aromatic carbocycles. The molecule has 19 heavy (non-hydrogen) atoms. The molecular weight excluding hydrogens is 282 g/mol. The largest absolute Gasteiger partial charge is 0.480 e. The average molecular weight is 298 g/mol. The van der Waals surface area contributed by atoms with Gasteiger partial charge in [-0.2, -0.15) is 0 Å². The minimum absolute atomic E-state index is 0.0300. The van der Waals surface area contributed by atoms with E-state index in [1.54, 1.807) is 11.3 Å². The fourth-order valence-corrected chi connectivity index (χ4v) is 3.46. The lowest BCUT2D eigenvalue weighted by atomic mass is 10.2. The van der Waals surface area contributed by atoms with Gasteiger partial charge in [-0.3, -0.25) is 9.69 Å². The van der Waals surface area contributed by atoms with E-state index in [0.717, 1.165) is 20.0 Å². The number of benzene rings is 1. The number of carboxylic acids is 1. The quantitative estimate of drug-likeness (QED) is 0.911. The molecule has 102 valence electrons. The van der Waals surface area contributed by atoms with Crippen molar-refractivity contribution < 1.29 is 9.90 Å².